The van der Waals surface area contributed by atoms with Gasteiger partial charge in [-0.15, -0.1) is 0 Å². The minimum absolute atomic E-state index is 0.424. The molecule has 3 aliphatic carbocycles. The van der Waals surface area contributed by atoms with E-state index in [0.29, 0.717) is 6.10 Å². The first kappa shape index (κ1) is 10.8. The topological polar surface area (TPSA) is 24.5 Å². The number of nitrogens with one attached hydrogen (secondary N) is 1. The minimum atomic E-state index is 0.424. The highest BCUT2D eigenvalue weighted by molar-refractivity contribution is 5.16. The molecule has 4 aliphatic rings. The molecule has 96 valence electrons. The average Bonchev–Trinajstić information content (AvgIpc) is 2.72. The fourth-order valence-corrected chi connectivity index (χ4v) is 4.86. The summed E-state index contributed by atoms with van der Waals surface area (Å²) in [7, 11) is 2.20. The summed E-state index contributed by atoms with van der Waals surface area (Å²) >= 11 is 0. The molecule has 3 saturated carbocycles. The molecule has 4 fully saturated rings. The Morgan fingerprint density at radius 3 is 2.71 bits per heavy atom. The second kappa shape index (κ2) is 3.94. The number of hydrogen-bond acceptors (Lipinski definition) is 3. The standard InChI is InChI=1S/C14H24N2O/c1-16-4-5-17-11(8-16)7-15-14-12-9-2-3-10(6-9)13(12)14/h9-15H,2-8H2,1H3. The number of morpholine rings is 1. The predicted molar refractivity (Wildman–Crippen MR) is 66.8 cm³/mol. The van der Waals surface area contributed by atoms with Crippen LogP contribution in [0.1, 0.15) is 19.3 Å². The van der Waals surface area contributed by atoms with Gasteiger partial charge in [-0.1, -0.05) is 0 Å². The van der Waals surface area contributed by atoms with Crippen LogP contribution in [0.4, 0.5) is 0 Å². The van der Waals surface area contributed by atoms with E-state index in [4.69, 9.17) is 4.74 Å². The maximum atomic E-state index is 5.81. The number of rotatable bonds is 3. The van der Waals surface area contributed by atoms with Crippen LogP contribution in [0.15, 0.2) is 0 Å². The molecule has 17 heavy (non-hydrogen) atoms. The Hall–Kier alpha value is -0.120. The van der Waals surface area contributed by atoms with Gasteiger partial charge in [0.25, 0.3) is 0 Å². The van der Waals surface area contributed by atoms with Gasteiger partial charge in [0.05, 0.1) is 12.7 Å². The molecule has 1 aliphatic heterocycles. The number of likely N-dealkylation sites (N-methyl/N-ethyl adjacent to an activating group) is 1. The lowest BCUT2D eigenvalue weighted by Gasteiger charge is -2.30. The van der Waals surface area contributed by atoms with Crippen molar-refractivity contribution in [3.8, 4) is 0 Å². The molecule has 0 spiro atoms. The van der Waals surface area contributed by atoms with Crippen molar-refractivity contribution in [2.45, 2.75) is 31.4 Å². The van der Waals surface area contributed by atoms with Crippen molar-refractivity contribution in [1.29, 1.82) is 0 Å². The summed E-state index contributed by atoms with van der Waals surface area (Å²) < 4.78 is 5.81. The van der Waals surface area contributed by atoms with Gasteiger partial charge < -0.3 is 15.0 Å². The lowest BCUT2D eigenvalue weighted by molar-refractivity contribution is -0.0186. The molecule has 1 heterocycles. The molecule has 4 rings (SSSR count). The first-order valence-corrected chi connectivity index (χ1v) is 7.36. The molecule has 0 amide bonds. The number of fused-ring (bicyclic) bond motifs is 5. The van der Waals surface area contributed by atoms with E-state index in [1.54, 1.807) is 6.42 Å². The Bertz CT molecular complexity index is 293. The van der Waals surface area contributed by atoms with Crippen LogP contribution in [0.3, 0.4) is 0 Å². The molecule has 5 unspecified atom stereocenters. The molecule has 0 aromatic carbocycles. The van der Waals surface area contributed by atoms with Crippen LogP contribution >= 0.6 is 0 Å². The van der Waals surface area contributed by atoms with Crippen molar-refractivity contribution in [2.24, 2.45) is 23.7 Å². The first-order chi connectivity index (χ1) is 8.33. The van der Waals surface area contributed by atoms with Crippen molar-refractivity contribution in [3.63, 3.8) is 0 Å². The summed E-state index contributed by atoms with van der Waals surface area (Å²) in [6, 6.07) is 0.858. The summed E-state index contributed by atoms with van der Waals surface area (Å²) in [6.07, 6.45) is 5.02. The lowest BCUT2D eigenvalue weighted by atomic mass is 10.0. The van der Waals surface area contributed by atoms with Gasteiger partial charge in [-0.2, -0.15) is 0 Å². The highest BCUT2D eigenvalue weighted by Gasteiger charge is 2.64. The fourth-order valence-electron chi connectivity index (χ4n) is 4.86. The van der Waals surface area contributed by atoms with E-state index in [1.807, 2.05) is 0 Å². The Morgan fingerprint density at radius 2 is 2.00 bits per heavy atom. The second-order valence-electron chi connectivity index (χ2n) is 6.68. The van der Waals surface area contributed by atoms with E-state index < -0.39 is 0 Å². The van der Waals surface area contributed by atoms with Crippen LogP contribution in [0, 0.1) is 23.7 Å². The molecule has 0 aromatic rings. The zero-order chi connectivity index (χ0) is 11.4. The van der Waals surface area contributed by atoms with Crippen LogP contribution in [-0.2, 0) is 4.74 Å². The van der Waals surface area contributed by atoms with Gasteiger partial charge in [0, 0.05) is 25.7 Å². The summed E-state index contributed by atoms with van der Waals surface area (Å²) in [5.74, 6) is 4.26. The molecule has 0 aromatic heterocycles. The summed E-state index contributed by atoms with van der Waals surface area (Å²) in [5, 5.41) is 3.80. The van der Waals surface area contributed by atoms with E-state index in [9.17, 15) is 0 Å². The maximum absolute atomic E-state index is 5.81. The van der Waals surface area contributed by atoms with E-state index in [-0.39, 0.29) is 0 Å². The van der Waals surface area contributed by atoms with Gasteiger partial charge in [0.2, 0.25) is 0 Å². The molecule has 5 atom stereocenters. The molecule has 1 saturated heterocycles. The van der Waals surface area contributed by atoms with Crippen molar-refractivity contribution < 1.29 is 4.74 Å². The average molecular weight is 236 g/mol. The van der Waals surface area contributed by atoms with Crippen LogP contribution in [-0.4, -0.2) is 50.3 Å². The number of hydrogen-bond donors (Lipinski definition) is 1. The van der Waals surface area contributed by atoms with Crippen LogP contribution in [0.25, 0.3) is 0 Å². The third kappa shape index (κ3) is 1.74. The highest BCUT2D eigenvalue weighted by atomic mass is 16.5. The molecule has 0 radical (unpaired) electrons. The SMILES string of the molecule is CN1CCOC(CNC2C3C4CCC(C4)C23)C1. The molecule has 2 bridgehead atoms. The normalized spacial score (nSPS) is 52.8. The van der Waals surface area contributed by atoms with E-state index in [1.165, 1.54) is 12.8 Å². The number of nitrogens with zero attached hydrogens (tertiary/aromatic N) is 1. The quantitative estimate of drug-likeness (QED) is 0.789. The lowest BCUT2D eigenvalue weighted by Crippen LogP contribution is -2.45. The molecule has 1 N–H and O–H groups in total. The third-order valence-electron chi connectivity index (χ3n) is 5.66. The monoisotopic (exact) mass is 236 g/mol. The summed E-state index contributed by atoms with van der Waals surface area (Å²) in [4.78, 5) is 2.38. The molecular formula is C14H24N2O. The van der Waals surface area contributed by atoms with Crippen LogP contribution < -0.4 is 5.32 Å². The first-order valence-electron chi connectivity index (χ1n) is 7.36. The molecular weight excluding hydrogens is 212 g/mol. The Morgan fingerprint density at radius 1 is 1.24 bits per heavy atom. The van der Waals surface area contributed by atoms with Gasteiger partial charge in [-0.05, 0) is 50.0 Å². The van der Waals surface area contributed by atoms with Gasteiger partial charge >= 0.3 is 0 Å². The highest BCUT2D eigenvalue weighted by Crippen LogP contribution is 2.65. The fraction of sp³-hybridized carbons (Fsp3) is 1.00. The predicted octanol–water partition coefficient (Wildman–Crippen LogP) is 0.951. The zero-order valence-corrected chi connectivity index (χ0v) is 10.8. The van der Waals surface area contributed by atoms with Gasteiger partial charge in [-0.25, -0.2) is 0 Å². The van der Waals surface area contributed by atoms with Crippen LogP contribution in [0.5, 0.6) is 0 Å². The van der Waals surface area contributed by atoms with E-state index >= 15 is 0 Å². The second-order valence-corrected chi connectivity index (χ2v) is 6.68. The summed E-state index contributed by atoms with van der Waals surface area (Å²) in [6.45, 7) is 4.17. The van der Waals surface area contributed by atoms with E-state index in [2.05, 4.69) is 17.3 Å². The summed E-state index contributed by atoms with van der Waals surface area (Å²) in [5.41, 5.74) is 0. The number of ether oxygens (including phenoxy) is 1. The van der Waals surface area contributed by atoms with Gasteiger partial charge in [0.15, 0.2) is 0 Å². The third-order valence-corrected chi connectivity index (χ3v) is 5.66. The molecule has 3 heteroatoms. The Balaban J connectivity index is 1.27. The van der Waals surface area contributed by atoms with Gasteiger partial charge in [0.1, 0.15) is 0 Å². The van der Waals surface area contributed by atoms with Crippen molar-refractivity contribution in [1.82, 2.24) is 10.2 Å². The van der Waals surface area contributed by atoms with Crippen molar-refractivity contribution in [3.05, 3.63) is 0 Å². The Kier molecular flexibility index (Phi) is 2.50. The van der Waals surface area contributed by atoms with Crippen LogP contribution in [0.2, 0.25) is 0 Å². The largest absolute Gasteiger partial charge is 0.374 e. The van der Waals surface area contributed by atoms with Gasteiger partial charge in [-0.3, -0.25) is 0 Å². The Labute approximate surface area is 104 Å². The minimum Gasteiger partial charge on any atom is -0.374 e. The van der Waals surface area contributed by atoms with E-state index in [0.717, 1.165) is 56.0 Å². The van der Waals surface area contributed by atoms with Crippen molar-refractivity contribution in [2.75, 3.05) is 33.3 Å². The smallest absolute Gasteiger partial charge is 0.0826 e. The zero-order valence-electron chi connectivity index (χ0n) is 10.8. The molecule has 3 nitrogen and oxygen atoms in total. The maximum Gasteiger partial charge on any atom is 0.0826 e. The van der Waals surface area contributed by atoms with Crippen molar-refractivity contribution >= 4 is 0 Å².